The number of carbonyl (C=O) groups excluding carboxylic acids is 2. The minimum atomic E-state index is -1.27. The van der Waals surface area contributed by atoms with Gasteiger partial charge in [-0.15, -0.1) is 0 Å². The zero-order valence-corrected chi connectivity index (χ0v) is 16.8. The molecule has 0 aliphatic heterocycles. The summed E-state index contributed by atoms with van der Waals surface area (Å²) in [6, 6.07) is 7.19. The first kappa shape index (κ1) is 23.7. The molecule has 0 spiro atoms. The Hall–Kier alpha value is -3.30. The minimum absolute atomic E-state index is 0.165. The molecule has 0 fully saturated rings. The molecule has 0 saturated heterocycles. The molecule has 0 heterocycles. The summed E-state index contributed by atoms with van der Waals surface area (Å²) in [4.78, 5) is 48.1. The number of unbranched alkanes of at least 4 members (excludes halogenated alkanes) is 1. The lowest BCUT2D eigenvalue weighted by atomic mass is 9.99. The van der Waals surface area contributed by atoms with Crippen LogP contribution >= 0.6 is 0 Å². The summed E-state index contributed by atoms with van der Waals surface area (Å²) < 4.78 is 0. The monoisotopic (exact) mass is 408 g/mol. The summed E-state index contributed by atoms with van der Waals surface area (Å²) in [5.74, 6) is -1.20. The molecule has 0 aromatic heterocycles. The Labute approximate surface area is 169 Å². The fourth-order valence-electron chi connectivity index (χ4n) is 2.79. The van der Waals surface area contributed by atoms with Crippen molar-refractivity contribution >= 4 is 24.0 Å². The van der Waals surface area contributed by atoms with Gasteiger partial charge in [-0.05, 0) is 52.2 Å². The van der Waals surface area contributed by atoms with Gasteiger partial charge < -0.3 is 15.5 Å². The SMILES string of the molecule is CC(C)(C)N(C(=O)O)C(CCCCNC(=O)O)C(=O)NNC(=O)c1ccccc1. The maximum Gasteiger partial charge on any atom is 0.408 e. The van der Waals surface area contributed by atoms with E-state index in [4.69, 9.17) is 5.11 Å². The molecule has 1 aromatic carbocycles. The average molecular weight is 408 g/mol. The minimum Gasteiger partial charge on any atom is -0.465 e. The molecule has 10 heteroatoms. The first-order chi connectivity index (χ1) is 13.5. The summed E-state index contributed by atoms with van der Waals surface area (Å²) >= 11 is 0. The van der Waals surface area contributed by atoms with Crippen molar-refractivity contribution in [2.45, 2.75) is 51.6 Å². The zero-order valence-electron chi connectivity index (χ0n) is 16.8. The molecular weight excluding hydrogens is 380 g/mol. The lowest BCUT2D eigenvalue weighted by molar-refractivity contribution is -0.128. The van der Waals surface area contributed by atoms with Crippen molar-refractivity contribution in [3.8, 4) is 0 Å². The Morgan fingerprint density at radius 3 is 2.14 bits per heavy atom. The third kappa shape index (κ3) is 8.08. The van der Waals surface area contributed by atoms with Crippen LogP contribution in [0.5, 0.6) is 0 Å². The van der Waals surface area contributed by atoms with E-state index < -0.39 is 35.6 Å². The summed E-state index contributed by atoms with van der Waals surface area (Å²) in [6.45, 7) is 5.18. The Balaban J connectivity index is 2.82. The summed E-state index contributed by atoms with van der Waals surface area (Å²) in [5, 5.41) is 20.4. The Morgan fingerprint density at radius 2 is 1.62 bits per heavy atom. The Bertz CT molecular complexity index is 717. The van der Waals surface area contributed by atoms with E-state index in [0.717, 1.165) is 4.90 Å². The molecule has 1 atom stereocenters. The van der Waals surface area contributed by atoms with Crippen molar-refractivity contribution in [1.29, 1.82) is 0 Å². The number of hydrogen-bond donors (Lipinski definition) is 5. The van der Waals surface area contributed by atoms with Crippen LogP contribution in [0.4, 0.5) is 9.59 Å². The van der Waals surface area contributed by atoms with E-state index in [2.05, 4.69) is 16.2 Å². The fourth-order valence-corrected chi connectivity index (χ4v) is 2.79. The van der Waals surface area contributed by atoms with E-state index >= 15 is 0 Å². The number of amides is 4. The number of nitrogens with zero attached hydrogens (tertiary/aromatic N) is 1. The van der Waals surface area contributed by atoms with Crippen molar-refractivity contribution in [2.24, 2.45) is 0 Å². The fraction of sp³-hybridized carbons (Fsp3) is 0.474. The Kier molecular flexibility index (Phi) is 8.91. The molecule has 0 radical (unpaired) electrons. The molecule has 1 aromatic rings. The highest BCUT2D eigenvalue weighted by atomic mass is 16.4. The third-order valence-electron chi connectivity index (χ3n) is 4.06. The average Bonchev–Trinajstić information content (AvgIpc) is 2.63. The van der Waals surface area contributed by atoms with Crippen LogP contribution in [0.25, 0.3) is 0 Å². The van der Waals surface area contributed by atoms with E-state index in [0.29, 0.717) is 18.4 Å². The van der Waals surface area contributed by atoms with Gasteiger partial charge in [-0.1, -0.05) is 18.2 Å². The highest BCUT2D eigenvalue weighted by molar-refractivity contribution is 5.96. The summed E-state index contributed by atoms with van der Waals surface area (Å²) in [6.07, 6.45) is -1.41. The van der Waals surface area contributed by atoms with Gasteiger partial charge in [0, 0.05) is 17.6 Å². The van der Waals surface area contributed by atoms with Gasteiger partial charge in [-0.2, -0.15) is 0 Å². The smallest absolute Gasteiger partial charge is 0.408 e. The van der Waals surface area contributed by atoms with Crippen LogP contribution in [0.1, 0.15) is 50.4 Å². The molecular formula is C19H28N4O6. The number of benzene rings is 1. The van der Waals surface area contributed by atoms with E-state index in [1.54, 1.807) is 51.1 Å². The highest BCUT2D eigenvalue weighted by Crippen LogP contribution is 2.21. The van der Waals surface area contributed by atoms with Crippen LogP contribution < -0.4 is 16.2 Å². The van der Waals surface area contributed by atoms with Crippen LogP contribution in [0.2, 0.25) is 0 Å². The van der Waals surface area contributed by atoms with Crippen LogP contribution in [-0.2, 0) is 4.79 Å². The van der Waals surface area contributed by atoms with Crippen LogP contribution in [0.15, 0.2) is 30.3 Å². The van der Waals surface area contributed by atoms with Gasteiger partial charge in [0.25, 0.3) is 11.8 Å². The largest absolute Gasteiger partial charge is 0.465 e. The lowest BCUT2D eigenvalue weighted by Gasteiger charge is -2.38. The predicted octanol–water partition coefficient (Wildman–Crippen LogP) is 2.03. The second-order valence-electron chi connectivity index (χ2n) is 7.38. The third-order valence-corrected chi connectivity index (χ3v) is 4.06. The van der Waals surface area contributed by atoms with Crippen molar-refractivity contribution < 1.29 is 29.4 Å². The van der Waals surface area contributed by atoms with Gasteiger partial charge in [-0.25, -0.2) is 9.59 Å². The van der Waals surface area contributed by atoms with E-state index in [1.807, 2.05) is 0 Å². The number of rotatable bonds is 8. The second-order valence-corrected chi connectivity index (χ2v) is 7.38. The number of hydrogen-bond acceptors (Lipinski definition) is 4. The van der Waals surface area contributed by atoms with E-state index in [9.17, 15) is 24.3 Å². The number of carbonyl (C=O) groups is 4. The second kappa shape index (κ2) is 10.9. The number of hydrazine groups is 1. The number of nitrogens with one attached hydrogen (secondary N) is 3. The van der Waals surface area contributed by atoms with Crippen molar-refractivity contribution in [3.63, 3.8) is 0 Å². The van der Waals surface area contributed by atoms with Gasteiger partial charge in [0.1, 0.15) is 6.04 Å². The first-order valence-electron chi connectivity index (χ1n) is 9.18. The van der Waals surface area contributed by atoms with Crippen LogP contribution in [0.3, 0.4) is 0 Å². The lowest BCUT2D eigenvalue weighted by Crippen LogP contribution is -2.59. The molecule has 0 saturated carbocycles. The Morgan fingerprint density at radius 1 is 1.00 bits per heavy atom. The molecule has 0 aliphatic carbocycles. The van der Waals surface area contributed by atoms with Crippen molar-refractivity contribution in [1.82, 2.24) is 21.1 Å². The van der Waals surface area contributed by atoms with Gasteiger partial charge >= 0.3 is 12.2 Å². The maximum atomic E-state index is 12.7. The molecule has 5 N–H and O–H groups in total. The predicted molar refractivity (Wildman–Crippen MR) is 105 cm³/mol. The standard InChI is InChI=1S/C19H28N4O6/c1-19(2,3)23(18(28)29)14(11-7-8-12-20-17(26)27)16(25)22-21-15(24)13-9-5-4-6-10-13/h4-6,9-10,14,20H,7-8,11-12H2,1-3H3,(H,21,24)(H,22,25)(H,26,27)(H,28,29). The normalized spacial score (nSPS) is 11.8. The van der Waals surface area contributed by atoms with Crippen molar-refractivity contribution in [3.05, 3.63) is 35.9 Å². The molecule has 1 rings (SSSR count). The molecule has 4 amide bonds. The molecule has 0 aliphatic rings. The van der Waals surface area contributed by atoms with Gasteiger partial charge in [0.05, 0.1) is 0 Å². The van der Waals surface area contributed by atoms with Crippen molar-refractivity contribution in [2.75, 3.05) is 6.54 Å². The molecule has 1 unspecified atom stereocenters. The van der Waals surface area contributed by atoms with Crippen LogP contribution in [-0.4, -0.2) is 57.2 Å². The molecule has 0 bridgehead atoms. The van der Waals surface area contributed by atoms with E-state index in [1.165, 1.54) is 0 Å². The maximum absolute atomic E-state index is 12.7. The number of carboxylic acid groups (broad SMARTS) is 2. The first-order valence-corrected chi connectivity index (χ1v) is 9.18. The summed E-state index contributed by atoms with van der Waals surface area (Å²) in [5.41, 5.74) is 4.07. The molecule has 10 nitrogen and oxygen atoms in total. The highest BCUT2D eigenvalue weighted by Gasteiger charge is 2.37. The quantitative estimate of drug-likeness (QED) is 0.328. The zero-order chi connectivity index (χ0) is 22.0. The summed E-state index contributed by atoms with van der Waals surface area (Å²) in [7, 11) is 0. The van der Waals surface area contributed by atoms with Gasteiger partial charge in [-0.3, -0.25) is 25.3 Å². The van der Waals surface area contributed by atoms with Gasteiger partial charge in [0.2, 0.25) is 0 Å². The topological polar surface area (TPSA) is 148 Å². The molecule has 29 heavy (non-hydrogen) atoms. The van der Waals surface area contributed by atoms with E-state index in [-0.39, 0.29) is 13.0 Å². The van der Waals surface area contributed by atoms with Gasteiger partial charge in [0.15, 0.2) is 0 Å². The molecule has 160 valence electrons. The van der Waals surface area contributed by atoms with Crippen LogP contribution in [0, 0.1) is 0 Å².